The Balaban J connectivity index is 1.64. The van der Waals surface area contributed by atoms with Gasteiger partial charge in [-0.15, -0.1) is 0 Å². The van der Waals surface area contributed by atoms with Gasteiger partial charge < -0.3 is 20.9 Å². The average molecular weight is 416 g/mol. The van der Waals surface area contributed by atoms with E-state index < -0.39 is 17.3 Å². The van der Waals surface area contributed by atoms with Gasteiger partial charge in [0.25, 0.3) is 5.91 Å². The Bertz CT molecular complexity index is 726. The van der Waals surface area contributed by atoms with E-state index in [2.05, 4.69) is 5.32 Å². The van der Waals surface area contributed by atoms with Crippen molar-refractivity contribution in [3.05, 3.63) is 29.8 Å². The van der Waals surface area contributed by atoms with Crippen molar-refractivity contribution in [2.75, 3.05) is 31.5 Å². The number of nitrogens with two attached hydrogens (primary N) is 1. The summed E-state index contributed by atoms with van der Waals surface area (Å²) in [6.45, 7) is 3.01. The molecule has 2 heterocycles. The van der Waals surface area contributed by atoms with Crippen LogP contribution in [0.15, 0.2) is 24.3 Å². The fourth-order valence-corrected chi connectivity index (χ4v) is 4.60. The molecule has 2 saturated heterocycles. The maximum absolute atomic E-state index is 12.9. The standard InChI is InChI=1S/C19H25F3N4OS/c20-19(21,22)14-5-4-6-15(13-14)24-17(28)25-11-7-18(8-12-25,16(23)27)26-9-2-1-3-10-26/h4-6,13H,1-3,7-12H2,(H2,23,27)(H,24,28)/p+1. The molecule has 0 bridgehead atoms. The van der Waals surface area contributed by atoms with Crippen molar-refractivity contribution in [3.63, 3.8) is 0 Å². The predicted octanol–water partition coefficient (Wildman–Crippen LogP) is 1.79. The largest absolute Gasteiger partial charge is 0.416 e. The summed E-state index contributed by atoms with van der Waals surface area (Å²) >= 11 is 5.40. The molecule has 0 atom stereocenters. The first-order valence-corrected chi connectivity index (χ1v) is 10.0. The van der Waals surface area contributed by atoms with E-state index in [1.165, 1.54) is 17.4 Å². The van der Waals surface area contributed by atoms with E-state index in [-0.39, 0.29) is 5.91 Å². The van der Waals surface area contributed by atoms with E-state index in [9.17, 15) is 18.0 Å². The second kappa shape index (κ2) is 8.24. The minimum atomic E-state index is -4.40. The molecular weight excluding hydrogens is 389 g/mol. The third-order valence-electron chi connectivity index (χ3n) is 5.95. The number of carbonyl (C=O) groups excluding carboxylic acids is 1. The van der Waals surface area contributed by atoms with Crippen LogP contribution in [0.5, 0.6) is 0 Å². The number of primary amides is 1. The van der Waals surface area contributed by atoms with Gasteiger partial charge in [0.2, 0.25) is 0 Å². The number of nitrogens with one attached hydrogen (secondary N) is 2. The highest BCUT2D eigenvalue weighted by Gasteiger charge is 2.49. The van der Waals surface area contributed by atoms with Crippen molar-refractivity contribution >= 4 is 28.9 Å². The zero-order chi connectivity index (χ0) is 20.4. The summed E-state index contributed by atoms with van der Waals surface area (Å²) in [6.07, 6.45) is 0.190. The molecule has 9 heteroatoms. The smallest absolute Gasteiger partial charge is 0.364 e. The molecule has 0 unspecified atom stereocenters. The lowest BCUT2D eigenvalue weighted by atomic mass is 9.83. The quantitative estimate of drug-likeness (QED) is 0.659. The maximum atomic E-state index is 12.9. The maximum Gasteiger partial charge on any atom is 0.416 e. The van der Waals surface area contributed by atoms with Crippen LogP contribution in [0.1, 0.15) is 37.7 Å². The molecule has 0 aromatic heterocycles. The first kappa shape index (κ1) is 20.9. The second-order valence-corrected chi connectivity index (χ2v) is 7.99. The van der Waals surface area contributed by atoms with Gasteiger partial charge in [-0.25, -0.2) is 0 Å². The number of anilines is 1. The minimum absolute atomic E-state index is 0.263. The zero-order valence-corrected chi connectivity index (χ0v) is 16.5. The number of hydrogen-bond acceptors (Lipinski definition) is 2. The van der Waals surface area contributed by atoms with E-state index in [1.807, 2.05) is 4.90 Å². The molecule has 1 amide bonds. The summed E-state index contributed by atoms with van der Waals surface area (Å²) in [5, 5.41) is 3.26. The molecule has 0 saturated carbocycles. The number of thiocarbonyl (C=S) groups is 1. The highest BCUT2D eigenvalue weighted by atomic mass is 32.1. The summed E-state index contributed by atoms with van der Waals surface area (Å²) in [4.78, 5) is 15.5. The van der Waals surface area contributed by atoms with E-state index >= 15 is 0 Å². The van der Waals surface area contributed by atoms with Crippen molar-refractivity contribution in [1.82, 2.24) is 4.90 Å². The van der Waals surface area contributed by atoms with Crippen LogP contribution in [0.4, 0.5) is 18.9 Å². The SMILES string of the molecule is NC(=O)C1([NH+]2CCCCC2)CCN(C(=S)Nc2cccc(C(F)(F)F)c2)CC1. The fourth-order valence-electron chi connectivity index (χ4n) is 4.30. The number of alkyl halides is 3. The second-order valence-electron chi connectivity index (χ2n) is 7.61. The highest BCUT2D eigenvalue weighted by molar-refractivity contribution is 7.80. The zero-order valence-electron chi connectivity index (χ0n) is 15.6. The molecule has 0 aliphatic carbocycles. The summed E-state index contributed by atoms with van der Waals surface area (Å²) < 4.78 is 38.6. The van der Waals surface area contributed by atoms with Crippen LogP contribution in [0.2, 0.25) is 0 Å². The lowest BCUT2D eigenvalue weighted by molar-refractivity contribution is -0.948. The molecule has 5 nitrogen and oxygen atoms in total. The Labute approximate surface area is 168 Å². The number of piperidine rings is 2. The van der Waals surface area contributed by atoms with E-state index in [0.717, 1.165) is 38.1 Å². The number of likely N-dealkylation sites (tertiary alicyclic amines) is 2. The van der Waals surface area contributed by atoms with Crippen LogP contribution in [0.25, 0.3) is 0 Å². The lowest BCUT2D eigenvalue weighted by Crippen LogP contribution is -3.22. The van der Waals surface area contributed by atoms with Crippen molar-refractivity contribution in [2.24, 2.45) is 5.73 Å². The van der Waals surface area contributed by atoms with Crippen LogP contribution >= 0.6 is 12.2 Å². The molecule has 2 aliphatic rings. The first-order valence-electron chi connectivity index (χ1n) is 9.61. The summed E-state index contributed by atoms with van der Waals surface area (Å²) in [5.74, 6) is -0.263. The van der Waals surface area contributed by atoms with Gasteiger partial charge in [0.05, 0.1) is 18.7 Å². The molecule has 1 aromatic rings. The van der Waals surface area contributed by atoms with Gasteiger partial charge in [-0.3, -0.25) is 4.79 Å². The number of benzene rings is 1. The molecule has 28 heavy (non-hydrogen) atoms. The Morgan fingerprint density at radius 1 is 1.18 bits per heavy atom. The fraction of sp³-hybridized carbons (Fsp3) is 0.579. The van der Waals surface area contributed by atoms with Crippen LogP contribution in [-0.4, -0.2) is 47.6 Å². The van der Waals surface area contributed by atoms with Crippen molar-refractivity contribution in [1.29, 1.82) is 0 Å². The van der Waals surface area contributed by atoms with Gasteiger partial charge in [0, 0.05) is 31.6 Å². The number of nitrogens with zero attached hydrogens (tertiary/aromatic N) is 1. The topological polar surface area (TPSA) is 62.8 Å². The molecule has 3 rings (SSSR count). The monoisotopic (exact) mass is 415 g/mol. The highest BCUT2D eigenvalue weighted by Crippen LogP contribution is 2.31. The van der Waals surface area contributed by atoms with Gasteiger partial charge in [-0.05, 0) is 49.7 Å². The van der Waals surface area contributed by atoms with Crippen molar-refractivity contribution in [2.45, 2.75) is 43.8 Å². The molecule has 2 fully saturated rings. The molecule has 154 valence electrons. The van der Waals surface area contributed by atoms with Crippen molar-refractivity contribution in [3.8, 4) is 0 Å². The van der Waals surface area contributed by atoms with Gasteiger partial charge >= 0.3 is 6.18 Å². The number of quaternary nitrogens is 1. The minimum Gasteiger partial charge on any atom is -0.364 e. The molecule has 0 radical (unpaired) electrons. The van der Waals surface area contributed by atoms with E-state index in [4.69, 9.17) is 18.0 Å². The van der Waals surface area contributed by atoms with Crippen molar-refractivity contribution < 1.29 is 22.9 Å². The van der Waals surface area contributed by atoms with Crippen LogP contribution in [-0.2, 0) is 11.0 Å². The number of rotatable bonds is 3. The predicted molar refractivity (Wildman–Crippen MR) is 105 cm³/mol. The lowest BCUT2D eigenvalue weighted by Gasteiger charge is -2.45. The third-order valence-corrected chi connectivity index (χ3v) is 6.31. The molecule has 2 aliphatic heterocycles. The molecule has 1 aromatic carbocycles. The van der Waals surface area contributed by atoms with Crippen LogP contribution < -0.4 is 16.0 Å². The molecule has 0 spiro atoms. The molecular formula is C19H26F3N4OS+. The normalized spacial score (nSPS) is 20.6. The van der Waals surface area contributed by atoms with Crippen LogP contribution in [0, 0.1) is 0 Å². The third kappa shape index (κ3) is 4.41. The number of carbonyl (C=O) groups is 1. The summed E-state index contributed by atoms with van der Waals surface area (Å²) in [7, 11) is 0. The van der Waals surface area contributed by atoms with E-state index in [1.54, 1.807) is 6.07 Å². The first-order chi connectivity index (χ1) is 13.2. The van der Waals surface area contributed by atoms with Gasteiger partial charge in [-0.2, -0.15) is 13.2 Å². The Morgan fingerprint density at radius 2 is 1.82 bits per heavy atom. The summed E-state index contributed by atoms with van der Waals surface area (Å²) in [6, 6.07) is 4.97. The van der Waals surface area contributed by atoms with E-state index in [0.29, 0.717) is 36.7 Å². The Morgan fingerprint density at radius 3 is 2.39 bits per heavy atom. The van der Waals surface area contributed by atoms with Gasteiger partial charge in [-0.1, -0.05) is 6.07 Å². The number of hydrogen-bond donors (Lipinski definition) is 3. The van der Waals surface area contributed by atoms with Gasteiger partial charge in [0.15, 0.2) is 10.7 Å². The number of halogens is 3. The number of amides is 1. The average Bonchev–Trinajstić information content (AvgIpc) is 2.68. The van der Waals surface area contributed by atoms with Crippen LogP contribution in [0.3, 0.4) is 0 Å². The van der Waals surface area contributed by atoms with Gasteiger partial charge in [0.1, 0.15) is 0 Å². The Kier molecular flexibility index (Phi) is 6.14. The Hall–Kier alpha value is -1.87. The molecule has 4 N–H and O–H groups in total. The summed E-state index contributed by atoms with van der Waals surface area (Å²) in [5.41, 5.74) is 4.81.